The molecule has 0 aliphatic heterocycles. The summed E-state index contributed by atoms with van der Waals surface area (Å²) >= 11 is 6.62. The first-order valence-corrected chi connectivity index (χ1v) is 9.73. The lowest BCUT2D eigenvalue weighted by Gasteiger charge is -2.09. The Hall–Kier alpha value is -2.98. The van der Waals surface area contributed by atoms with Gasteiger partial charge in [-0.15, -0.1) is 0 Å². The highest BCUT2D eigenvalue weighted by Crippen LogP contribution is 2.47. The van der Waals surface area contributed by atoms with E-state index in [-0.39, 0.29) is 5.56 Å². The molecule has 2 aliphatic carbocycles. The van der Waals surface area contributed by atoms with Gasteiger partial charge in [-0.25, -0.2) is 0 Å². The molecule has 2 aliphatic rings. The molecule has 1 aromatic carbocycles. The summed E-state index contributed by atoms with van der Waals surface area (Å²) in [5.41, 5.74) is 9.22. The molecule has 2 heterocycles. The molecule has 1 amide bonds. The Balaban J connectivity index is 1.67. The van der Waals surface area contributed by atoms with Crippen LogP contribution in [0.2, 0.25) is 5.02 Å². The first-order chi connectivity index (χ1) is 13.6. The van der Waals surface area contributed by atoms with E-state index < -0.39 is 5.91 Å². The second kappa shape index (κ2) is 6.28. The molecule has 142 valence electrons. The molecule has 5 rings (SSSR count). The van der Waals surface area contributed by atoms with Crippen LogP contribution in [0.25, 0.3) is 10.9 Å². The van der Waals surface area contributed by atoms with Crippen molar-refractivity contribution in [2.24, 2.45) is 5.73 Å². The van der Waals surface area contributed by atoms with E-state index in [1.54, 1.807) is 7.05 Å². The number of amides is 1. The molecule has 0 spiro atoms. The fourth-order valence-corrected chi connectivity index (χ4v) is 3.91. The number of fused-ring (bicyclic) bond motifs is 1. The average Bonchev–Trinajstić information content (AvgIpc) is 3.60. The summed E-state index contributed by atoms with van der Waals surface area (Å²) in [6.45, 7) is 0. The second-order valence-electron chi connectivity index (χ2n) is 7.37. The molecular formula is C20H19ClN6O. The maximum atomic E-state index is 11.8. The normalized spacial score (nSPS) is 16.1. The molecule has 8 heteroatoms. The zero-order chi connectivity index (χ0) is 19.4. The molecule has 28 heavy (non-hydrogen) atoms. The van der Waals surface area contributed by atoms with Gasteiger partial charge in [0.05, 0.1) is 28.3 Å². The number of anilines is 1. The molecule has 0 bridgehead atoms. The van der Waals surface area contributed by atoms with Gasteiger partial charge in [0.1, 0.15) is 11.3 Å². The Bertz CT molecular complexity index is 1170. The van der Waals surface area contributed by atoms with E-state index in [2.05, 4.69) is 37.1 Å². The van der Waals surface area contributed by atoms with Crippen LogP contribution in [-0.2, 0) is 0 Å². The van der Waals surface area contributed by atoms with E-state index in [0.717, 1.165) is 23.7 Å². The molecule has 0 unspecified atom stereocenters. The van der Waals surface area contributed by atoms with Crippen LogP contribution in [-0.4, -0.2) is 32.9 Å². The fourth-order valence-electron chi connectivity index (χ4n) is 3.65. The Labute approximate surface area is 166 Å². The second-order valence-corrected chi connectivity index (χ2v) is 7.77. The quantitative estimate of drug-likeness (QED) is 0.591. The lowest BCUT2D eigenvalue weighted by atomic mass is 10.0. The Kier molecular flexibility index (Phi) is 3.84. The fraction of sp³-hybridized carbons (Fsp3) is 0.350. The summed E-state index contributed by atoms with van der Waals surface area (Å²) in [5.74, 6) is 6.45. The lowest BCUT2D eigenvalue weighted by Crippen LogP contribution is -2.13. The van der Waals surface area contributed by atoms with Crippen LogP contribution in [0.3, 0.4) is 0 Å². The number of benzene rings is 1. The highest BCUT2D eigenvalue weighted by Gasteiger charge is 2.32. The summed E-state index contributed by atoms with van der Waals surface area (Å²) in [4.78, 5) is 11.8. The molecule has 4 N–H and O–H groups in total. The summed E-state index contributed by atoms with van der Waals surface area (Å²) in [6, 6.07) is 2.51. The molecule has 7 nitrogen and oxygen atoms in total. The zero-order valence-corrected chi connectivity index (χ0v) is 16.1. The van der Waals surface area contributed by atoms with Crippen LogP contribution in [0.4, 0.5) is 5.82 Å². The number of nitrogens with two attached hydrogens (primary N) is 1. The molecule has 2 saturated carbocycles. The van der Waals surface area contributed by atoms with Gasteiger partial charge >= 0.3 is 0 Å². The van der Waals surface area contributed by atoms with E-state index in [1.807, 2.05) is 12.3 Å². The summed E-state index contributed by atoms with van der Waals surface area (Å²) in [7, 11) is 1.67. The number of nitrogens with zero attached hydrogens (tertiary/aromatic N) is 3. The van der Waals surface area contributed by atoms with Gasteiger partial charge in [-0.1, -0.05) is 17.5 Å². The Morgan fingerprint density at radius 2 is 2.14 bits per heavy atom. The van der Waals surface area contributed by atoms with E-state index in [1.165, 1.54) is 18.4 Å². The topological polar surface area (TPSA) is 102 Å². The van der Waals surface area contributed by atoms with Crippen LogP contribution < -0.4 is 11.1 Å². The van der Waals surface area contributed by atoms with Crippen molar-refractivity contribution >= 4 is 34.2 Å². The first-order valence-electron chi connectivity index (χ1n) is 9.36. The van der Waals surface area contributed by atoms with E-state index in [9.17, 15) is 4.79 Å². The number of carbonyl (C=O) groups excluding carboxylic acids is 1. The van der Waals surface area contributed by atoms with Crippen molar-refractivity contribution in [1.29, 1.82) is 0 Å². The molecule has 2 fully saturated rings. The monoisotopic (exact) mass is 394 g/mol. The Morgan fingerprint density at radius 3 is 2.79 bits per heavy atom. The molecule has 3 aromatic rings. The minimum atomic E-state index is -0.593. The number of primary amides is 1. The number of hydrogen-bond donors (Lipinski definition) is 3. The van der Waals surface area contributed by atoms with Gasteiger partial charge in [0, 0.05) is 12.4 Å². The van der Waals surface area contributed by atoms with Crippen molar-refractivity contribution < 1.29 is 4.79 Å². The smallest absolute Gasteiger partial charge is 0.255 e. The number of rotatable bonds is 4. The highest BCUT2D eigenvalue weighted by molar-refractivity contribution is 6.33. The van der Waals surface area contributed by atoms with Gasteiger partial charge in [0.2, 0.25) is 0 Å². The Morgan fingerprint density at radius 1 is 1.36 bits per heavy atom. The number of carbonyl (C=O) groups is 1. The van der Waals surface area contributed by atoms with Gasteiger partial charge in [0.25, 0.3) is 5.91 Å². The predicted octanol–water partition coefficient (Wildman–Crippen LogP) is 3.17. The number of hydrogen-bond acceptors (Lipinski definition) is 4. The predicted molar refractivity (Wildman–Crippen MR) is 108 cm³/mol. The van der Waals surface area contributed by atoms with Gasteiger partial charge in [-0.3, -0.25) is 14.6 Å². The van der Waals surface area contributed by atoms with E-state index in [0.29, 0.717) is 34.1 Å². The first kappa shape index (κ1) is 17.1. The third-order valence-corrected chi connectivity index (χ3v) is 5.63. The molecular weight excluding hydrogens is 376 g/mol. The molecule has 2 aromatic heterocycles. The summed E-state index contributed by atoms with van der Waals surface area (Å²) in [5, 5.41) is 15.8. The minimum Gasteiger partial charge on any atom is -0.371 e. The number of aromatic nitrogens is 4. The number of halogens is 1. The van der Waals surface area contributed by atoms with Crippen molar-refractivity contribution in [2.75, 3.05) is 12.4 Å². The summed E-state index contributed by atoms with van der Waals surface area (Å²) in [6.07, 6.45) is 6.56. The van der Waals surface area contributed by atoms with Crippen molar-refractivity contribution in [3.05, 3.63) is 39.7 Å². The van der Waals surface area contributed by atoms with Crippen LogP contribution in [0.1, 0.15) is 64.8 Å². The van der Waals surface area contributed by atoms with Crippen LogP contribution in [0.5, 0.6) is 0 Å². The summed E-state index contributed by atoms with van der Waals surface area (Å²) < 4.78 is 2.13. The maximum absolute atomic E-state index is 11.8. The van der Waals surface area contributed by atoms with Gasteiger partial charge < -0.3 is 11.1 Å². The number of H-pyrrole nitrogens is 1. The highest BCUT2D eigenvalue weighted by atomic mass is 35.5. The zero-order valence-electron chi connectivity index (χ0n) is 15.3. The SMILES string of the molecule is CNc1n[nH]c(C#Cc2c(Cl)cc(C3CC3)c3c2cnn3C2CC2)c1C(N)=O. The van der Waals surface area contributed by atoms with Crippen molar-refractivity contribution in [3.8, 4) is 11.8 Å². The van der Waals surface area contributed by atoms with Gasteiger partial charge in [-0.05, 0) is 49.2 Å². The lowest BCUT2D eigenvalue weighted by molar-refractivity contribution is 0.100. The van der Waals surface area contributed by atoms with E-state index in [4.69, 9.17) is 17.3 Å². The third-order valence-electron chi connectivity index (χ3n) is 5.33. The van der Waals surface area contributed by atoms with Gasteiger partial charge in [-0.2, -0.15) is 10.2 Å². The largest absolute Gasteiger partial charge is 0.371 e. The standard InChI is InChI=1S/C20H19ClN6O/c1-23-20-17(19(22)28)16(25-26-20)7-6-12-14-9-24-27(11-4-5-11)18(14)13(8-15(12)21)10-2-3-10/h8-11H,2-5H2,1H3,(H2,22,28)(H2,23,25,26). The third kappa shape index (κ3) is 2.72. The van der Waals surface area contributed by atoms with Crippen molar-refractivity contribution in [3.63, 3.8) is 0 Å². The number of nitrogens with one attached hydrogen (secondary N) is 2. The van der Waals surface area contributed by atoms with Crippen LogP contribution >= 0.6 is 11.6 Å². The van der Waals surface area contributed by atoms with Gasteiger partial charge in [0.15, 0.2) is 5.82 Å². The number of aromatic amines is 1. The van der Waals surface area contributed by atoms with Crippen LogP contribution in [0.15, 0.2) is 12.3 Å². The van der Waals surface area contributed by atoms with E-state index >= 15 is 0 Å². The maximum Gasteiger partial charge on any atom is 0.255 e. The van der Waals surface area contributed by atoms with Crippen molar-refractivity contribution in [1.82, 2.24) is 20.0 Å². The van der Waals surface area contributed by atoms with Crippen molar-refractivity contribution in [2.45, 2.75) is 37.6 Å². The average molecular weight is 395 g/mol. The minimum absolute atomic E-state index is 0.241. The molecule has 0 radical (unpaired) electrons. The van der Waals surface area contributed by atoms with Crippen LogP contribution in [0, 0.1) is 11.8 Å². The molecule has 0 saturated heterocycles. The molecule has 0 atom stereocenters.